The van der Waals surface area contributed by atoms with Gasteiger partial charge in [-0.1, -0.05) is 12.1 Å². The summed E-state index contributed by atoms with van der Waals surface area (Å²) in [5, 5.41) is 10.9. The SMILES string of the molecule is O=[N+]([O-])c1ccccc1COc1ccc(S(=O)(=O)Cl)cc1. The highest BCUT2D eigenvalue weighted by molar-refractivity contribution is 8.13. The summed E-state index contributed by atoms with van der Waals surface area (Å²) in [6.07, 6.45) is 0. The van der Waals surface area contributed by atoms with E-state index in [9.17, 15) is 18.5 Å². The van der Waals surface area contributed by atoms with Gasteiger partial charge >= 0.3 is 0 Å². The van der Waals surface area contributed by atoms with Gasteiger partial charge in [-0.25, -0.2) is 8.42 Å². The number of halogens is 1. The van der Waals surface area contributed by atoms with Crippen molar-refractivity contribution < 1.29 is 18.1 Å². The second-order valence-corrected chi connectivity index (χ2v) is 6.65. The van der Waals surface area contributed by atoms with E-state index in [4.69, 9.17) is 15.4 Å². The Hall–Kier alpha value is -2.12. The maximum Gasteiger partial charge on any atom is 0.276 e. The molecule has 0 radical (unpaired) electrons. The molecular formula is C13H10ClNO5S. The van der Waals surface area contributed by atoms with Crippen LogP contribution in [0.2, 0.25) is 0 Å². The number of nitro groups is 1. The monoisotopic (exact) mass is 327 g/mol. The third-order valence-electron chi connectivity index (χ3n) is 2.69. The van der Waals surface area contributed by atoms with Gasteiger partial charge in [-0.15, -0.1) is 0 Å². The van der Waals surface area contributed by atoms with E-state index in [1.54, 1.807) is 18.2 Å². The van der Waals surface area contributed by atoms with Crippen LogP contribution in [0.25, 0.3) is 0 Å². The molecule has 0 unspecified atom stereocenters. The largest absolute Gasteiger partial charge is 0.489 e. The van der Waals surface area contributed by atoms with Crippen molar-refractivity contribution in [1.82, 2.24) is 0 Å². The summed E-state index contributed by atoms with van der Waals surface area (Å²) in [7, 11) is 1.42. The molecule has 0 amide bonds. The number of benzene rings is 2. The summed E-state index contributed by atoms with van der Waals surface area (Å²) in [6.45, 7) is 0.00409. The fourth-order valence-corrected chi connectivity index (χ4v) is 2.44. The maximum atomic E-state index is 11.1. The van der Waals surface area contributed by atoms with Gasteiger partial charge in [0.15, 0.2) is 0 Å². The van der Waals surface area contributed by atoms with Crippen LogP contribution >= 0.6 is 10.7 Å². The predicted octanol–water partition coefficient (Wildman–Crippen LogP) is 3.10. The molecule has 2 rings (SSSR count). The van der Waals surface area contributed by atoms with E-state index in [2.05, 4.69) is 0 Å². The molecule has 0 saturated carbocycles. The van der Waals surface area contributed by atoms with E-state index in [1.807, 2.05) is 0 Å². The van der Waals surface area contributed by atoms with E-state index in [1.165, 1.54) is 30.3 Å². The molecule has 0 aliphatic heterocycles. The van der Waals surface area contributed by atoms with Gasteiger partial charge in [-0.2, -0.15) is 0 Å². The normalized spacial score (nSPS) is 11.1. The molecule has 0 N–H and O–H groups in total. The average molecular weight is 328 g/mol. The molecule has 0 saturated heterocycles. The summed E-state index contributed by atoms with van der Waals surface area (Å²) in [4.78, 5) is 10.3. The number of para-hydroxylation sites is 1. The number of nitro benzene ring substituents is 1. The quantitative estimate of drug-likeness (QED) is 0.478. The van der Waals surface area contributed by atoms with Crippen molar-refractivity contribution in [1.29, 1.82) is 0 Å². The van der Waals surface area contributed by atoms with Gasteiger partial charge < -0.3 is 4.74 Å². The highest BCUT2D eigenvalue weighted by Gasteiger charge is 2.13. The van der Waals surface area contributed by atoms with Crippen molar-refractivity contribution in [2.24, 2.45) is 0 Å². The standard InChI is InChI=1S/C13H10ClNO5S/c14-21(18,19)12-7-5-11(6-8-12)20-9-10-3-1-2-4-13(10)15(16)17/h1-8H,9H2. The average Bonchev–Trinajstić information content (AvgIpc) is 2.45. The van der Waals surface area contributed by atoms with Crippen LogP contribution in [-0.4, -0.2) is 13.3 Å². The van der Waals surface area contributed by atoms with Crippen LogP contribution in [-0.2, 0) is 15.7 Å². The van der Waals surface area contributed by atoms with Gasteiger partial charge in [0.25, 0.3) is 14.7 Å². The van der Waals surface area contributed by atoms with Crippen molar-refractivity contribution in [3.8, 4) is 5.75 Å². The first-order valence-electron chi connectivity index (χ1n) is 5.78. The second-order valence-electron chi connectivity index (χ2n) is 4.08. The molecule has 0 atom stereocenters. The fourth-order valence-electron chi connectivity index (χ4n) is 1.67. The van der Waals surface area contributed by atoms with Crippen molar-refractivity contribution in [3.05, 3.63) is 64.2 Å². The molecule has 0 aliphatic carbocycles. The summed E-state index contributed by atoms with van der Waals surface area (Å²) >= 11 is 0. The van der Waals surface area contributed by atoms with Gasteiger partial charge in [-0.3, -0.25) is 10.1 Å². The molecule has 110 valence electrons. The molecule has 0 aliphatic rings. The van der Waals surface area contributed by atoms with Gasteiger partial charge in [-0.05, 0) is 30.3 Å². The van der Waals surface area contributed by atoms with Crippen LogP contribution in [0.4, 0.5) is 5.69 Å². The molecule has 0 bridgehead atoms. The number of hydrogen-bond donors (Lipinski definition) is 0. The van der Waals surface area contributed by atoms with Crippen LogP contribution in [0, 0.1) is 10.1 Å². The zero-order valence-corrected chi connectivity index (χ0v) is 12.2. The number of nitrogens with zero attached hydrogens (tertiary/aromatic N) is 1. The van der Waals surface area contributed by atoms with Gasteiger partial charge in [0, 0.05) is 16.7 Å². The van der Waals surface area contributed by atoms with Crippen LogP contribution in [0.5, 0.6) is 5.75 Å². The smallest absolute Gasteiger partial charge is 0.276 e. The van der Waals surface area contributed by atoms with E-state index in [0.717, 1.165) is 0 Å². The van der Waals surface area contributed by atoms with Crippen LogP contribution in [0.15, 0.2) is 53.4 Å². The maximum absolute atomic E-state index is 11.1. The Labute approximate surface area is 125 Å². The summed E-state index contributed by atoms with van der Waals surface area (Å²) in [5.74, 6) is 0.386. The Kier molecular flexibility index (Phi) is 4.44. The lowest BCUT2D eigenvalue weighted by Crippen LogP contribution is -2.00. The Balaban J connectivity index is 2.12. The van der Waals surface area contributed by atoms with Gasteiger partial charge in [0.05, 0.1) is 15.4 Å². The highest BCUT2D eigenvalue weighted by atomic mass is 35.7. The Bertz CT molecular complexity index is 758. The lowest BCUT2D eigenvalue weighted by molar-refractivity contribution is -0.385. The topological polar surface area (TPSA) is 86.5 Å². The molecule has 0 fully saturated rings. The predicted molar refractivity (Wildman–Crippen MR) is 76.9 cm³/mol. The van der Waals surface area contributed by atoms with Crippen molar-refractivity contribution in [2.75, 3.05) is 0 Å². The Morgan fingerprint density at radius 3 is 2.29 bits per heavy atom. The minimum absolute atomic E-state index is 0.00409. The number of hydrogen-bond acceptors (Lipinski definition) is 5. The lowest BCUT2D eigenvalue weighted by Gasteiger charge is -2.07. The first kappa shape index (κ1) is 15.3. The summed E-state index contributed by atoms with van der Waals surface area (Å²) < 4.78 is 27.6. The Morgan fingerprint density at radius 1 is 1.10 bits per heavy atom. The highest BCUT2D eigenvalue weighted by Crippen LogP contribution is 2.22. The zero-order valence-electron chi connectivity index (χ0n) is 10.6. The molecule has 6 nitrogen and oxygen atoms in total. The fraction of sp³-hybridized carbons (Fsp3) is 0.0769. The van der Waals surface area contributed by atoms with Gasteiger partial charge in [0.1, 0.15) is 12.4 Å². The van der Waals surface area contributed by atoms with E-state index in [-0.39, 0.29) is 17.2 Å². The minimum Gasteiger partial charge on any atom is -0.489 e. The summed E-state index contributed by atoms with van der Waals surface area (Å²) in [5.41, 5.74) is 0.397. The molecule has 0 aromatic heterocycles. The number of ether oxygens (including phenoxy) is 1. The third-order valence-corrected chi connectivity index (χ3v) is 4.06. The van der Waals surface area contributed by atoms with Crippen molar-refractivity contribution >= 4 is 25.4 Å². The van der Waals surface area contributed by atoms with E-state index in [0.29, 0.717) is 11.3 Å². The Morgan fingerprint density at radius 2 is 1.71 bits per heavy atom. The molecule has 8 heteroatoms. The summed E-state index contributed by atoms with van der Waals surface area (Å²) in [6, 6.07) is 11.7. The lowest BCUT2D eigenvalue weighted by atomic mass is 10.2. The van der Waals surface area contributed by atoms with Crippen LogP contribution in [0.1, 0.15) is 5.56 Å². The molecular weight excluding hydrogens is 318 g/mol. The molecule has 21 heavy (non-hydrogen) atoms. The van der Waals surface area contributed by atoms with Gasteiger partial charge in [0.2, 0.25) is 0 Å². The van der Waals surface area contributed by atoms with E-state index >= 15 is 0 Å². The first-order valence-corrected chi connectivity index (χ1v) is 8.08. The molecule has 2 aromatic carbocycles. The first-order chi connectivity index (χ1) is 9.88. The second kappa shape index (κ2) is 6.11. The third kappa shape index (κ3) is 3.93. The molecule has 2 aromatic rings. The minimum atomic E-state index is -3.78. The number of rotatable bonds is 5. The van der Waals surface area contributed by atoms with E-state index < -0.39 is 14.0 Å². The van der Waals surface area contributed by atoms with Crippen molar-refractivity contribution in [2.45, 2.75) is 11.5 Å². The van der Waals surface area contributed by atoms with Crippen molar-refractivity contribution in [3.63, 3.8) is 0 Å². The molecule has 0 spiro atoms. The van der Waals surface area contributed by atoms with Crippen LogP contribution < -0.4 is 4.74 Å². The van der Waals surface area contributed by atoms with Crippen LogP contribution in [0.3, 0.4) is 0 Å². The zero-order chi connectivity index (χ0) is 15.5. The molecule has 0 heterocycles.